The van der Waals surface area contributed by atoms with Crippen LogP contribution in [-0.4, -0.2) is 57.4 Å². The molecule has 1 saturated heterocycles. The molecule has 1 heterocycles. The van der Waals surface area contributed by atoms with Crippen LogP contribution in [0, 0.1) is 0 Å². The van der Waals surface area contributed by atoms with E-state index in [2.05, 4.69) is 15.2 Å². The monoisotopic (exact) mass is 306 g/mol. The summed E-state index contributed by atoms with van der Waals surface area (Å²) < 4.78 is 10.5. The van der Waals surface area contributed by atoms with Crippen molar-refractivity contribution < 1.29 is 9.47 Å². The number of hydrogen-bond acceptors (Lipinski definition) is 4. The van der Waals surface area contributed by atoms with Gasteiger partial charge in [-0.15, -0.1) is 0 Å². The van der Waals surface area contributed by atoms with Crippen molar-refractivity contribution in [2.24, 2.45) is 10.7 Å². The van der Waals surface area contributed by atoms with Gasteiger partial charge in [-0.3, -0.25) is 4.90 Å². The van der Waals surface area contributed by atoms with Gasteiger partial charge in [-0.1, -0.05) is 12.1 Å². The van der Waals surface area contributed by atoms with Crippen LogP contribution in [0.15, 0.2) is 29.3 Å². The van der Waals surface area contributed by atoms with Crippen molar-refractivity contribution in [1.82, 2.24) is 10.2 Å². The van der Waals surface area contributed by atoms with Gasteiger partial charge in [-0.2, -0.15) is 0 Å². The lowest BCUT2D eigenvalue weighted by Gasteiger charge is -2.26. The van der Waals surface area contributed by atoms with Gasteiger partial charge in [0.25, 0.3) is 0 Å². The molecule has 0 atom stereocenters. The summed E-state index contributed by atoms with van der Waals surface area (Å²) in [5, 5.41) is 3.16. The largest absolute Gasteiger partial charge is 0.497 e. The third kappa shape index (κ3) is 5.91. The maximum Gasteiger partial charge on any atom is 0.188 e. The Morgan fingerprint density at radius 1 is 1.32 bits per heavy atom. The van der Waals surface area contributed by atoms with E-state index in [4.69, 9.17) is 15.2 Å². The minimum Gasteiger partial charge on any atom is -0.497 e. The molecule has 0 radical (unpaired) electrons. The van der Waals surface area contributed by atoms with Crippen LogP contribution in [0.1, 0.15) is 12.0 Å². The highest BCUT2D eigenvalue weighted by Gasteiger charge is 2.08. The molecule has 0 aliphatic carbocycles. The minimum atomic E-state index is 0.498. The molecule has 0 saturated carbocycles. The van der Waals surface area contributed by atoms with E-state index in [1.165, 1.54) is 0 Å². The number of hydrogen-bond donors (Lipinski definition) is 2. The minimum absolute atomic E-state index is 0.498. The van der Waals surface area contributed by atoms with E-state index in [0.717, 1.165) is 57.1 Å². The van der Waals surface area contributed by atoms with Crippen molar-refractivity contribution in [3.63, 3.8) is 0 Å². The number of rotatable bonds is 7. The second-order valence-electron chi connectivity index (χ2n) is 5.28. The van der Waals surface area contributed by atoms with E-state index in [1.807, 2.05) is 24.3 Å². The van der Waals surface area contributed by atoms with E-state index in [9.17, 15) is 0 Å². The zero-order valence-electron chi connectivity index (χ0n) is 13.3. The fourth-order valence-electron chi connectivity index (χ4n) is 2.31. The van der Waals surface area contributed by atoms with E-state index in [-0.39, 0.29) is 0 Å². The van der Waals surface area contributed by atoms with Gasteiger partial charge in [0, 0.05) is 19.6 Å². The van der Waals surface area contributed by atoms with Crippen molar-refractivity contribution in [3.05, 3.63) is 29.8 Å². The topological polar surface area (TPSA) is 72.1 Å². The molecular weight excluding hydrogens is 280 g/mol. The number of methoxy groups -OCH3 is 1. The second kappa shape index (κ2) is 9.27. The third-order valence-electron chi connectivity index (χ3n) is 3.65. The molecule has 1 aliphatic heterocycles. The van der Waals surface area contributed by atoms with Crippen LogP contribution < -0.4 is 15.8 Å². The number of benzene rings is 1. The fraction of sp³-hybridized carbons (Fsp3) is 0.562. The summed E-state index contributed by atoms with van der Waals surface area (Å²) in [6.07, 6.45) is 1.05. The van der Waals surface area contributed by atoms with Crippen LogP contribution in [0.25, 0.3) is 0 Å². The Bertz CT molecular complexity index is 456. The van der Waals surface area contributed by atoms with Crippen molar-refractivity contribution in [1.29, 1.82) is 0 Å². The summed E-state index contributed by atoms with van der Waals surface area (Å²) in [7, 11) is 1.66. The maximum absolute atomic E-state index is 5.88. The van der Waals surface area contributed by atoms with Gasteiger partial charge in [-0.25, -0.2) is 4.99 Å². The lowest BCUT2D eigenvalue weighted by molar-refractivity contribution is 0.0376. The highest BCUT2D eigenvalue weighted by Crippen LogP contribution is 2.11. The first-order chi connectivity index (χ1) is 10.8. The molecule has 1 fully saturated rings. The van der Waals surface area contributed by atoms with Gasteiger partial charge in [0.15, 0.2) is 5.96 Å². The van der Waals surface area contributed by atoms with Gasteiger partial charge in [-0.05, 0) is 30.7 Å². The number of nitrogens with zero attached hydrogens (tertiary/aromatic N) is 2. The summed E-state index contributed by atoms with van der Waals surface area (Å²) in [5.41, 5.74) is 6.99. The smallest absolute Gasteiger partial charge is 0.188 e. The van der Waals surface area contributed by atoms with Gasteiger partial charge < -0.3 is 20.5 Å². The number of aliphatic imine (C=N–C) groups is 1. The highest BCUT2D eigenvalue weighted by atomic mass is 16.5. The molecule has 6 nitrogen and oxygen atoms in total. The number of nitrogens with one attached hydrogen (secondary N) is 1. The quantitative estimate of drug-likeness (QED) is 0.443. The van der Waals surface area contributed by atoms with Crippen molar-refractivity contribution in [2.45, 2.75) is 13.0 Å². The van der Waals surface area contributed by atoms with Crippen molar-refractivity contribution in [2.75, 3.05) is 46.5 Å². The molecule has 1 aliphatic rings. The second-order valence-corrected chi connectivity index (χ2v) is 5.28. The number of nitrogens with two attached hydrogens (primary N) is 1. The van der Waals surface area contributed by atoms with Crippen molar-refractivity contribution in [3.8, 4) is 5.75 Å². The van der Waals surface area contributed by atoms with Gasteiger partial charge in [0.1, 0.15) is 5.75 Å². The summed E-state index contributed by atoms with van der Waals surface area (Å²) in [6.45, 7) is 6.24. The normalized spacial score (nSPS) is 16.5. The Morgan fingerprint density at radius 2 is 2.05 bits per heavy atom. The Balaban J connectivity index is 1.62. The third-order valence-corrected chi connectivity index (χ3v) is 3.65. The predicted octanol–water partition coefficient (Wildman–Crippen LogP) is 0.822. The molecule has 0 unspecified atom stereocenters. The molecule has 0 amide bonds. The maximum atomic E-state index is 5.88. The Kier molecular flexibility index (Phi) is 6.99. The first kappa shape index (κ1) is 16.6. The average Bonchev–Trinajstić information content (AvgIpc) is 2.58. The van der Waals surface area contributed by atoms with Crippen LogP contribution in [0.3, 0.4) is 0 Å². The summed E-state index contributed by atoms with van der Waals surface area (Å²) in [5.74, 6) is 1.35. The van der Waals surface area contributed by atoms with E-state index in [1.54, 1.807) is 7.11 Å². The zero-order valence-corrected chi connectivity index (χ0v) is 13.3. The summed E-state index contributed by atoms with van der Waals surface area (Å²) >= 11 is 0. The molecule has 3 N–H and O–H groups in total. The Morgan fingerprint density at radius 3 is 2.73 bits per heavy atom. The lowest BCUT2D eigenvalue weighted by atomic mass is 10.2. The molecule has 0 spiro atoms. The molecule has 1 aromatic carbocycles. The SMILES string of the molecule is COc1ccc(CN=C(N)NCCCN2CCOCC2)cc1. The number of ether oxygens (including phenoxy) is 2. The Labute approximate surface area is 132 Å². The molecular formula is C16H26N4O2. The van der Waals surface area contributed by atoms with Crippen LogP contribution in [0.4, 0.5) is 0 Å². The highest BCUT2D eigenvalue weighted by molar-refractivity contribution is 5.77. The van der Waals surface area contributed by atoms with Gasteiger partial charge in [0.2, 0.25) is 0 Å². The molecule has 1 aromatic rings. The summed E-state index contributed by atoms with van der Waals surface area (Å²) in [6, 6.07) is 7.84. The molecule has 22 heavy (non-hydrogen) atoms. The van der Waals surface area contributed by atoms with Crippen LogP contribution in [0.2, 0.25) is 0 Å². The zero-order chi connectivity index (χ0) is 15.6. The standard InChI is InChI=1S/C16H26N4O2/c1-21-15-5-3-14(4-6-15)13-19-16(17)18-7-2-8-20-9-11-22-12-10-20/h3-6H,2,7-13H2,1H3,(H3,17,18,19). The van der Waals surface area contributed by atoms with Gasteiger partial charge in [0.05, 0.1) is 26.9 Å². The van der Waals surface area contributed by atoms with Crippen molar-refractivity contribution >= 4 is 5.96 Å². The van der Waals surface area contributed by atoms with Gasteiger partial charge >= 0.3 is 0 Å². The predicted molar refractivity (Wildman–Crippen MR) is 88.2 cm³/mol. The van der Waals surface area contributed by atoms with E-state index < -0.39 is 0 Å². The molecule has 0 bridgehead atoms. The van der Waals surface area contributed by atoms with Crippen LogP contribution in [-0.2, 0) is 11.3 Å². The lowest BCUT2D eigenvalue weighted by Crippen LogP contribution is -2.39. The average molecular weight is 306 g/mol. The molecule has 2 rings (SSSR count). The first-order valence-electron chi connectivity index (χ1n) is 7.75. The van der Waals surface area contributed by atoms with Crippen LogP contribution in [0.5, 0.6) is 5.75 Å². The fourth-order valence-corrected chi connectivity index (χ4v) is 2.31. The molecule has 6 heteroatoms. The summed E-state index contributed by atoms with van der Waals surface area (Å²) in [4.78, 5) is 6.76. The molecule has 0 aromatic heterocycles. The number of guanidine groups is 1. The van der Waals surface area contributed by atoms with Crippen LogP contribution >= 0.6 is 0 Å². The molecule has 122 valence electrons. The Hall–Kier alpha value is -1.79. The van der Waals surface area contributed by atoms with E-state index >= 15 is 0 Å². The van der Waals surface area contributed by atoms with E-state index in [0.29, 0.717) is 12.5 Å². The first-order valence-corrected chi connectivity index (χ1v) is 7.75. The number of morpholine rings is 1.